The molecule has 2 amide bonds. The lowest BCUT2D eigenvalue weighted by Crippen LogP contribution is -2.31. The fourth-order valence-corrected chi connectivity index (χ4v) is 6.54. The Morgan fingerprint density at radius 2 is 1.33 bits per heavy atom. The number of hydrogen-bond donors (Lipinski definition) is 4. The fourth-order valence-electron chi connectivity index (χ4n) is 6.54. The van der Waals surface area contributed by atoms with E-state index in [4.69, 9.17) is 9.47 Å². The number of carboxylic acids is 2. The maximum atomic E-state index is 13.5. The first-order valence-electron chi connectivity index (χ1n) is 16.9. The molecule has 2 aromatic carbocycles. The third kappa shape index (κ3) is 6.09. The molecule has 0 saturated heterocycles. The molecule has 0 unspecified atom stereocenters. The Morgan fingerprint density at radius 1 is 0.827 bits per heavy atom. The van der Waals surface area contributed by atoms with Crippen molar-refractivity contribution in [2.45, 2.75) is 66.1 Å². The average Bonchev–Trinajstić information content (AvgIpc) is 3.78. The first kappa shape index (κ1) is 34.3. The van der Waals surface area contributed by atoms with E-state index >= 15 is 0 Å². The summed E-state index contributed by atoms with van der Waals surface area (Å²) in [6.07, 6.45) is 4.94. The van der Waals surface area contributed by atoms with Gasteiger partial charge in [0.1, 0.15) is 41.4 Å². The zero-order valence-corrected chi connectivity index (χ0v) is 29.3. The van der Waals surface area contributed by atoms with Crippen LogP contribution in [-0.4, -0.2) is 76.1 Å². The number of nitrogens with zero attached hydrogens (tertiary/aromatic N) is 6. The van der Waals surface area contributed by atoms with Gasteiger partial charge in [-0.2, -0.15) is 5.10 Å². The highest BCUT2D eigenvalue weighted by atomic mass is 16.5. The van der Waals surface area contributed by atoms with Crippen LogP contribution in [0.1, 0.15) is 89.5 Å². The quantitative estimate of drug-likeness (QED) is 0.134. The Bertz CT molecular complexity index is 2330. The van der Waals surface area contributed by atoms with Crippen molar-refractivity contribution in [1.29, 1.82) is 0 Å². The Balaban J connectivity index is 1.18. The molecule has 0 spiro atoms. The Labute approximate surface area is 297 Å². The number of aromatic nitrogens is 6. The highest BCUT2D eigenvalue weighted by Gasteiger charge is 2.32. The van der Waals surface area contributed by atoms with Gasteiger partial charge in [-0.25, -0.2) is 19.6 Å². The molecule has 7 rings (SSSR count). The number of carbonyl (C=O) groups is 4. The molecule has 0 fully saturated rings. The predicted octanol–water partition coefficient (Wildman–Crippen LogP) is 5.45. The van der Waals surface area contributed by atoms with Crippen molar-refractivity contribution in [2.24, 2.45) is 5.41 Å². The minimum Gasteiger partial charge on any atom is -0.489 e. The summed E-state index contributed by atoms with van der Waals surface area (Å²) < 4.78 is 17.5. The molecule has 0 radical (unpaired) electrons. The van der Waals surface area contributed by atoms with Crippen molar-refractivity contribution in [2.75, 3.05) is 23.8 Å². The number of benzene rings is 2. The summed E-state index contributed by atoms with van der Waals surface area (Å²) >= 11 is 0. The minimum absolute atomic E-state index is 0.0187. The predicted molar refractivity (Wildman–Crippen MR) is 189 cm³/mol. The third-order valence-electron chi connectivity index (χ3n) is 9.14. The van der Waals surface area contributed by atoms with E-state index in [-0.39, 0.29) is 48.3 Å². The molecule has 2 atom stereocenters. The van der Waals surface area contributed by atoms with Gasteiger partial charge in [0.05, 0.1) is 39.9 Å². The Kier molecular flexibility index (Phi) is 8.47. The summed E-state index contributed by atoms with van der Waals surface area (Å²) in [6, 6.07) is 6.95. The Morgan fingerprint density at radius 3 is 1.79 bits per heavy atom. The zero-order valence-electron chi connectivity index (χ0n) is 29.3. The number of carboxylic acid groups (broad SMARTS) is 2. The van der Waals surface area contributed by atoms with Gasteiger partial charge in [0.25, 0.3) is 5.91 Å². The van der Waals surface area contributed by atoms with Crippen LogP contribution >= 0.6 is 0 Å². The first-order valence-corrected chi connectivity index (χ1v) is 16.9. The van der Waals surface area contributed by atoms with Gasteiger partial charge in [-0.3, -0.25) is 34.0 Å². The van der Waals surface area contributed by atoms with Crippen LogP contribution in [0, 0.1) is 12.3 Å². The monoisotopic (exact) mass is 710 g/mol. The number of ether oxygens (including phenoxy) is 2. The molecule has 0 saturated carbocycles. The van der Waals surface area contributed by atoms with Gasteiger partial charge in [-0.05, 0) is 57.0 Å². The van der Waals surface area contributed by atoms with E-state index in [1.54, 1.807) is 31.5 Å². The highest BCUT2D eigenvalue weighted by molar-refractivity contribution is 6.04. The second-order valence-electron chi connectivity index (χ2n) is 13.9. The zero-order chi connectivity index (χ0) is 37.1. The van der Waals surface area contributed by atoms with Gasteiger partial charge >= 0.3 is 11.9 Å². The molecule has 0 aliphatic carbocycles. The van der Waals surface area contributed by atoms with Gasteiger partial charge in [-0.1, -0.05) is 32.9 Å². The number of imidazole rings is 2. The summed E-state index contributed by atoms with van der Waals surface area (Å²) in [5.41, 5.74) is 2.36. The second kappa shape index (κ2) is 12.9. The Hall–Kier alpha value is -6.19. The van der Waals surface area contributed by atoms with E-state index in [0.717, 1.165) is 0 Å². The van der Waals surface area contributed by atoms with E-state index < -0.39 is 23.3 Å². The molecular weight excluding hydrogens is 672 g/mol. The van der Waals surface area contributed by atoms with Crippen LogP contribution in [0.5, 0.6) is 11.5 Å². The molecule has 2 aliphatic rings. The largest absolute Gasteiger partial charge is 0.489 e. The molecule has 5 heterocycles. The third-order valence-corrected chi connectivity index (χ3v) is 9.14. The van der Waals surface area contributed by atoms with Crippen molar-refractivity contribution in [3.63, 3.8) is 0 Å². The molecule has 16 heteroatoms. The molecule has 2 aliphatic heterocycles. The maximum Gasteiger partial charge on any atom is 0.335 e. The normalized spacial score (nSPS) is 16.6. The first-order chi connectivity index (χ1) is 24.7. The number of carbonyl (C=O) groups excluding carboxylic acids is 2. The summed E-state index contributed by atoms with van der Waals surface area (Å²) in [5.74, 6) is -1.58. The van der Waals surface area contributed by atoms with Crippen LogP contribution in [0.2, 0.25) is 0 Å². The lowest BCUT2D eigenvalue weighted by molar-refractivity contribution is -0.123. The smallest absolute Gasteiger partial charge is 0.335 e. The second-order valence-corrected chi connectivity index (χ2v) is 13.9. The summed E-state index contributed by atoms with van der Waals surface area (Å²) in [7, 11) is 0. The average molecular weight is 711 g/mol. The number of allylic oxidation sites excluding steroid dienone is 2. The minimum atomic E-state index is -1.12. The highest BCUT2D eigenvalue weighted by Crippen LogP contribution is 2.40. The molecule has 4 N–H and O–H groups in total. The number of aryl methyl sites for hydroxylation is 2. The van der Waals surface area contributed by atoms with E-state index in [0.29, 0.717) is 70.3 Å². The van der Waals surface area contributed by atoms with Crippen molar-refractivity contribution >= 4 is 57.7 Å². The lowest BCUT2D eigenvalue weighted by Gasteiger charge is -2.28. The summed E-state index contributed by atoms with van der Waals surface area (Å²) in [6.45, 7) is 9.98. The van der Waals surface area contributed by atoms with Crippen LogP contribution in [-0.2, 0) is 11.3 Å². The number of hydrogen-bond acceptors (Lipinski definition) is 9. The molecule has 52 heavy (non-hydrogen) atoms. The van der Waals surface area contributed by atoms with E-state index in [2.05, 4.69) is 25.7 Å². The molecule has 3 aromatic heterocycles. The van der Waals surface area contributed by atoms with Gasteiger partial charge in [0.2, 0.25) is 17.8 Å². The van der Waals surface area contributed by atoms with Crippen LogP contribution < -0.4 is 20.1 Å². The number of nitrogens with one attached hydrogen (secondary N) is 2. The summed E-state index contributed by atoms with van der Waals surface area (Å²) in [5, 5.41) is 29.6. The number of rotatable bonds is 10. The summed E-state index contributed by atoms with van der Waals surface area (Å²) in [4.78, 5) is 59.4. The fraction of sp³-hybridized carbons (Fsp3) is 0.361. The molecule has 16 nitrogen and oxygen atoms in total. The van der Waals surface area contributed by atoms with Crippen LogP contribution in [0.3, 0.4) is 0 Å². The SMILES string of the molecule is CCn1nc(C)cc1C(=O)Nc1nc2cc(C(=O)O)cc3c2n1[C@@H](C/C=C/C[C@H]1COc2cc(C(=O)O)cc4nc(NC(=O)C(C)(C)C)n1c24)CO3. The van der Waals surface area contributed by atoms with Crippen LogP contribution in [0.4, 0.5) is 11.9 Å². The van der Waals surface area contributed by atoms with Crippen molar-refractivity contribution in [3.05, 3.63) is 65.0 Å². The van der Waals surface area contributed by atoms with Crippen molar-refractivity contribution < 1.29 is 38.9 Å². The van der Waals surface area contributed by atoms with Crippen LogP contribution in [0.15, 0.2) is 42.5 Å². The molecule has 270 valence electrons. The number of amides is 2. The molecule has 0 bridgehead atoms. The molecule has 5 aromatic rings. The maximum absolute atomic E-state index is 13.5. The van der Waals surface area contributed by atoms with Crippen molar-refractivity contribution in [3.8, 4) is 11.5 Å². The van der Waals surface area contributed by atoms with E-state index in [1.165, 1.54) is 24.3 Å². The van der Waals surface area contributed by atoms with E-state index in [9.17, 15) is 29.4 Å². The molecular formula is C36H38N8O8. The number of aromatic carboxylic acids is 2. The van der Waals surface area contributed by atoms with E-state index in [1.807, 2.05) is 35.1 Å². The standard InChI is InChI=1S/C36H38N8O8/c1-6-42-25(11-18(2)41-42)30(45)39-34-37-23-12-19(31(46)47)14-26-28(23)43(34)21(16-51-26)9-7-8-10-22-17-52-27-15-20(32(48)49)13-24-29(27)44(22)35(38-24)40-33(50)36(3,4)5/h7-8,11-15,21-22H,6,9-10,16-17H2,1-5H3,(H,46,47)(H,48,49)(H,37,39,45)(H,38,40,50)/b8-7+/t21-,22-/m0/s1. The van der Waals surface area contributed by atoms with Gasteiger partial charge < -0.3 is 19.7 Å². The van der Waals surface area contributed by atoms with Crippen LogP contribution in [0.25, 0.3) is 22.1 Å². The van der Waals surface area contributed by atoms with Crippen molar-refractivity contribution in [1.82, 2.24) is 28.9 Å². The lowest BCUT2D eigenvalue weighted by atomic mass is 9.96. The number of anilines is 2. The van der Waals surface area contributed by atoms with Gasteiger partial charge in [0.15, 0.2) is 0 Å². The topological polar surface area (TPSA) is 205 Å². The van der Waals surface area contributed by atoms with Gasteiger partial charge in [-0.15, -0.1) is 0 Å². The van der Waals surface area contributed by atoms with Gasteiger partial charge in [0, 0.05) is 12.0 Å².